The lowest BCUT2D eigenvalue weighted by atomic mass is 10.1. The van der Waals surface area contributed by atoms with E-state index in [4.69, 9.17) is 4.74 Å². The summed E-state index contributed by atoms with van der Waals surface area (Å²) in [5.74, 6) is -0.251. The van der Waals surface area contributed by atoms with Gasteiger partial charge in [0.1, 0.15) is 0 Å². The summed E-state index contributed by atoms with van der Waals surface area (Å²) < 4.78 is 5.46. The van der Waals surface area contributed by atoms with Crippen molar-refractivity contribution in [1.29, 1.82) is 0 Å². The molecule has 1 atom stereocenters. The summed E-state index contributed by atoms with van der Waals surface area (Å²) in [6, 6.07) is 13.5. The molecular weight excluding hydrogens is 384 g/mol. The number of nitrogens with one attached hydrogen (secondary N) is 3. The predicted octanol–water partition coefficient (Wildman–Crippen LogP) is 3.05. The summed E-state index contributed by atoms with van der Waals surface area (Å²) in [6.07, 6.45) is -0.726. The molecule has 3 rings (SSSR count). The lowest BCUT2D eigenvalue weighted by Gasteiger charge is -2.13. The molecule has 0 aliphatic carbocycles. The van der Waals surface area contributed by atoms with E-state index in [1.165, 1.54) is 0 Å². The zero-order valence-corrected chi connectivity index (χ0v) is 17.1. The van der Waals surface area contributed by atoms with Crippen molar-refractivity contribution in [3.8, 4) is 0 Å². The number of urea groups is 1. The summed E-state index contributed by atoms with van der Waals surface area (Å²) in [5.41, 5.74) is 1.47. The molecule has 3 N–H and O–H groups in total. The number of carbonyl (C=O) groups excluding carboxylic acids is 2. The molecule has 2 aromatic carbocycles. The number of rotatable bonds is 6. The van der Waals surface area contributed by atoms with Crippen molar-refractivity contribution in [2.24, 2.45) is 0 Å². The van der Waals surface area contributed by atoms with E-state index < -0.39 is 12.1 Å². The van der Waals surface area contributed by atoms with Crippen molar-refractivity contribution in [3.63, 3.8) is 0 Å². The Bertz CT molecular complexity index is 1110. The van der Waals surface area contributed by atoms with Crippen LogP contribution in [-0.2, 0) is 11.3 Å². The quantitative estimate of drug-likeness (QED) is 0.543. The minimum atomic E-state index is -0.726. The van der Waals surface area contributed by atoms with Crippen LogP contribution in [0.2, 0.25) is 0 Å². The monoisotopic (exact) mass is 408 g/mol. The number of para-hydroxylation sites is 1. The van der Waals surface area contributed by atoms with Gasteiger partial charge in [-0.3, -0.25) is 4.79 Å². The average Bonchev–Trinajstić information content (AvgIpc) is 2.72. The van der Waals surface area contributed by atoms with E-state index in [1.807, 2.05) is 13.8 Å². The number of amides is 2. The molecule has 0 saturated carbocycles. The molecule has 0 aliphatic heterocycles. The first kappa shape index (κ1) is 21.0. The van der Waals surface area contributed by atoms with Gasteiger partial charge in [0.15, 0.2) is 11.9 Å². The minimum Gasteiger partial charge on any atom is -0.451 e. The van der Waals surface area contributed by atoms with Crippen LogP contribution in [-0.4, -0.2) is 28.0 Å². The number of H-pyrrole nitrogens is 1. The van der Waals surface area contributed by atoms with E-state index in [0.717, 1.165) is 5.56 Å². The number of esters is 1. The number of aromatic amines is 1. The third-order valence-corrected chi connectivity index (χ3v) is 4.36. The molecule has 8 nitrogen and oxygen atoms in total. The zero-order valence-electron chi connectivity index (χ0n) is 17.1. The van der Waals surface area contributed by atoms with E-state index in [-0.39, 0.29) is 23.5 Å². The van der Waals surface area contributed by atoms with Gasteiger partial charge in [-0.25, -0.2) is 14.6 Å². The Morgan fingerprint density at radius 3 is 2.47 bits per heavy atom. The van der Waals surface area contributed by atoms with Crippen molar-refractivity contribution >= 4 is 22.9 Å². The fraction of sp³-hybridized carbons (Fsp3) is 0.273. The second kappa shape index (κ2) is 9.21. The van der Waals surface area contributed by atoms with Crippen LogP contribution < -0.4 is 16.2 Å². The maximum Gasteiger partial charge on any atom is 0.338 e. The molecule has 30 heavy (non-hydrogen) atoms. The third-order valence-electron chi connectivity index (χ3n) is 4.36. The molecule has 0 saturated heterocycles. The molecule has 0 unspecified atom stereocenters. The number of benzene rings is 2. The summed E-state index contributed by atoms with van der Waals surface area (Å²) in [4.78, 5) is 43.3. The van der Waals surface area contributed by atoms with Gasteiger partial charge in [-0.2, -0.15) is 0 Å². The summed E-state index contributed by atoms with van der Waals surface area (Å²) in [6.45, 7) is 5.75. The second-order valence-corrected chi connectivity index (χ2v) is 7.19. The first-order valence-corrected chi connectivity index (χ1v) is 9.66. The fourth-order valence-electron chi connectivity index (χ4n) is 2.84. The molecule has 0 fully saturated rings. The van der Waals surface area contributed by atoms with Crippen molar-refractivity contribution in [3.05, 3.63) is 75.8 Å². The highest BCUT2D eigenvalue weighted by Crippen LogP contribution is 2.17. The second-order valence-electron chi connectivity index (χ2n) is 7.19. The van der Waals surface area contributed by atoms with Crippen LogP contribution in [0.25, 0.3) is 10.9 Å². The zero-order chi connectivity index (χ0) is 21.7. The molecule has 8 heteroatoms. The summed E-state index contributed by atoms with van der Waals surface area (Å²) in [7, 11) is 0. The molecular formula is C22H24N4O4. The lowest BCUT2D eigenvalue weighted by molar-refractivity contribution is 0.0320. The molecule has 1 aromatic heterocycles. The highest BCUT2D eigenvalue weighted by molar-refractivity contribution is 5.89. The Balaban J connectivity index is 1.63. The van der Waals surface area contributed by atoms with Crippen molar-refractivity contribution in [1.82, 2.24) is 20.6 Å². The number of fused-ring (bicyclic) bond motifs is 1. The number of carbonyl (C=O) groups is 2. The van der Waals surface area contributed by atoms with E-state index in [1.54, 1.807) is 55.5 Å². The summed E-state index contributed by atoms with van der Waals surface area (Å²) >= 11 is 0. The molecule has 0 radical (unpaired) electrons. The first-order chi connectivity index (χ1) is 14.3. The van der Waals surface area contributed by atoms with Gasteiger partial charge < -0.3 is 20.4 Å². The number of ether oxygens (including phenoxy) is 1. The fourth-order valence-corrected chi connectivity index (χ4v) is 2.84. The topological polar surface area (TPSA) is 113 Å². The van der Waals surface area contributed by atoms with Gasteiger partial charge in [0, 0.05) is 12.6 Å². The normalized spacial score (nSPS) is 11.9. The standard InChI is InChI=1S/C22H24N4O4/c1-13(2)24-22(29)23-12-15-8-10-16(11-9-15)21(28)30-14(3)19-25-18-7-5-4-6-17(18)20(27)26-19/h4-11,13-14H,12H2,1-3H3,(H2,23,24,29)(H,25,26,27)/t14-/m1/s1. The van der Waals surface area contributed by atoms with Crippen LogP contribution in [0.4, 0.5) is 4.79 Å². The first-order valence-electron chi connectivity index (χ1n) is 9.66. The number of nitrogens with zero attached hydrogens (tertiary/aromatic N) is 1. The van der Waals surface area contributed by atoms with Crippen LogP contribution >= 0.6 is 0 Å². The third kappa shape index (κ3) is 5.22. The SMILES string of the molecule is CC(C)NC(=O)NCc1ccc(C(=O)O[C@H](C)c2nc3ccccc3c(=O)[nH]2)cc1. The highest BCUT2D eigenvalue weighted by atomic mass is 16.5. The van der Waals surface area contributed by atoms with Gasteiger partial charge >= 0.3 is 12.0 Å². The number of hydrogen-bond donors (Lipinski definition) is 3. The Hall–Kier alpha value is -3.68. The molecule has 0 bridgehead atoms. The number of hydrogen-bond acceptors (Lipinski definition) is 5. The van der Waals surface area contributed by atoms with Crippen LogP contribution in [0, 0.1) is 0 Å². The average molecular weight is 408 g/mol. The molecule has 156 valence electrons. The van der Waals surface area contributed by atoms with Gasteiger partial charge in [0.25, 0.3) is 5.56 Å². The van der Waals surface area contributed by atoms with Crippen molar-refractivity contribution in [2.45, 2.75) is 39.5 Å². The van der Waals surface area contributed by atoms with Crippen LogP contribution in [0.3, 0.4) is 0 Å². The van der Waals surface area contributed by atoms with Crippen molar-refractivity contribution in [2.75, 3.05) is 0 Å². The van der Waals surface area contributed by atoms with Crippen LogP contribution in [0.5, 0.6) is 0 Å². The van der Waals surface area contributed by atoms with E-state index >= 15 is 0 Å². The largest absolute Gasteiger partial charge is 0.451 e. The Morgan fingerprint density at radius 1 is 1.07 bits per heavy atom. The van der Waals surface area contributed by atoms with Gasteiger partial charge in [-0.15, -0.1) is 0 Å². The molecule has 0 aliphatic rings. The predicted molar refractivity (Wildman–Crippen MR) is 113 cm³/mol. The van der Waals surface area contributed by atoms with Crippen LogP contribution in [0.15, 0.2) is 53.3 Å². The Morgan fingerprint density at radius 2 is 1.77 bits per heavy atom. The lowest BCUT2D eigenvalue weighted by Crippen LogP contribution is -2.39. The van der Waals surface area contributed by atoms with Gasteiger partial charge in [-0.1, -0.05) is 24.3 Å². The van der Waals surface area contributed by atoms with Gasteiger partial charge in [0.05, 0.1) is 16.5 Å². The molecule has 2 amide bonds. The van der Waals surface area contributed by atoms with E-state index in [0.29, 0.717) is 23.0 Å². The van der Waals surface area contributed by atoms with E-state index in [2.05, 4.69) is 20.6 Å². The maximum atomic E-state index is 12.5. The number of aromatic nitrogens is 2. The summed E-state index contributed by atoms with van der Waals surface area (Å²) in [5, 5.41) is 5.96. The van der Waals surface area contributed by atoms with Crippen molar-refractivity contribution < 1.29 is 14.3 Å². The van der Waals surface area contributed by atoms with E-state index in [9.17, 15) is 14.4 Å². The smallest absolute Gasteiger partial charge is 0.338 e. The maximum absolute atomic E-state index is 12.5. The van der Waals surface area contributed by atoms with Crippen LogP contribution in [0.1, 0.15) is 48.6 Å². The Kier molecular flexibility index (Phi) is 6.46. The highest BCUT2D eigenvalue weighted by Gasteiger charge is 2.17. The van der Waals surface area contributed by atoms with Gasteiger partial charge in [-0.05, 0) is 50.6 Å². The minimum absolute atomic E-state index is 0.0520. The molecule has 0 spiro atoms. The Labute approximate surface area is 173 Å². The molecule has 3 aromatic rings. The van der Waals surface area contributed by atoms with Gasteiger partial charge in [0.2, 0.25) is 0 Å². The molecule has 1 heterocycles.